The van der Waals surface area contributed by atoms with E-state index in [0.29, 0.717) is 23.6 Å². The third kappa shape index (κ3) is 5.71. The maximum atomic E-state index is 12.8. The molecule has 162 valence electrons. The van der Waals surface area contributed by atoms with Crippen molar-refractivity contribution in [3.8, 4) is 5.75 Å². The van der Waals surface area contributed by atoms with Crippen LogP contribution in [0, 0.1) is 6.92 Å². The lowest BCUT2D eigenvalue weighted by Crippen LogP contribution is -2.26. The highest BCUT2D eigenvalue weighted by atomic mass is 32.2. The van der Waals surface area contributed by atoms with E-state index in [2.05, 4.69) is 5.32 Å². The zero-order chi connectivity index (χ0) is 22.4. The number of carbonyl (C=O) groups is 1. The predicted octanol–water partition coefficient (Wildman–Crippen LogP) is 4.47. The summed E-state index contributed by atoms with van der Waals surface area (Å²) in [6.45, 7) is 4.56. The molecular formula is C24H26N2O4S. The Hall–Kier alpha value is -3.16. The Morgan fingerprint density at radius 3 is 2.32 bits per heavy atom. The van der Waals surface area contributed by atoms with Gasteiger partial charge in [0.2, 0.25) is 10.0 Å². The third-order valence-corrected chi connectivity index (χ3v) is 6.57. The molecule has 7 heteroatoms. The maximum Gasteiger partial charge on any atom is 0.255 e. The Morgan fingerprint density at radius 1 is 1.00 bits per heavy atom. The van der Waals surface area contributed by atoms with Crippen LogP contribution in [0.5, 0.6) is 5.75 Å². The molecule has 0 unspecified atom stereocenters. The number of hydrogen-bond donors (Lipinski definition) is 1. The average molecular weight is 439 g/mol. The number of carbonyl (C=O) groups excluding carboxylic acids is 1. The molecule has 1 amide bonds. The second kappa shape index (κ2) is 9.76. The number of aryl methyl sites for hydroxylation is 1. The molecule has 0 aliphatic carbocycles. The standard InChI is InChI=1S/C24H26N2O4S/c1-4-30-22-7-5-6-21(16-22)25-24(27)20-12-10-19(11-13-20)17-26(3)31(28,29)23-14-8-18(2)9-15-23/h5-16H,4,17H2,1-3H3,(H,25,27). The van der Waals surface area contributed by atoms with E-state index in [1.54, 1.807) is 67.7 Å². The van der Waals surface area contributed by atoms with Crippen molar-refractivity contribution in [1.29, 1.82) is 0 Å². The van der Waals surface area contributed by atoms with Crippen molar-refractivity contribution in [3.63, 3.8) is 0 Å². The van der Waals surface area contributed by atoms with E-state index in [1.807, 2.05) is 26.0 Å². The van der Waals surface area contributed by atoms with Crippen molar-refractivity contribution in [2.75, 3.05) is 19.0 Å². The fourth-order valence-electron chi connectivity index (χ4n) is 3.03. The molecular weight excluding hydrogens is 412 g/mol. The van der Waals surface area contributed by atoms with Gasteiger partial charge in [-0.1, -0.05) is 35.9 Å². The SMILES string of the molecule is CCOc1cccc(NC(=O)c2ccc(CN(C)S(=O)(=O)c3ccc(C)cc3)cc2)c1. The first kappa shape index (κ1) is 22.5. The summed E-state index contributed by atoms with van der Waals surface area (Å²) in [4.78, 5) is 12.8. The number of benzene rings is 3. The minimum atomic E-state index is -3.59. The predicted molar refractivity (Wildman–Crippen MR) is 122 cm³/mol. The summed E-state index contributed by atoms with van der Waals surface area (Å²) in [5.41, 5.74) is 2.91. The molecule has 0 bridgehead atoms. The first-order valence-corrected chi connectivity index (χ1v) is 11.4. The fourth-order valence-corrected chi connectivity index (χ4v) is 4.19. The number of hydrogen-bond acceptors (Lipinski definition) is 4. The Kier molecular flexibility index (Phi) is 7.09. The van der Waals surface area contributed by atoms with Crippen LogP contribution in [0.2, 0.25) is 0 Å². The van der Waals surface area contributed by atoms with Crippen LogP contribution in [0.3, 0.4) is 0 Å². The van der Waals surface area contributed by atoms with Gasteiger partial charge >= 0.3 is 0 Å². The van der Waals surface area contributed by atoms with Crippen LogP contribution < -0.4 is 10.1 Å². The van der Waals surface area contributed by atoms with E-state index in [4.69, 9.17) is 4.74 Å². The number of anilines is 1. The lowest BCUT2D eigenvalue weighted by Gasteiger charge is -2.17. The minimum absolute atomic E-state index is 0.203. The lowest BCUT2D eigenvalue weighted by molar-refractivity contribution is 0.102. The number of nitrogens with zero attached hydrogens (tertiary/aromatic N) is 1. The van der Waals surface area contributed by atoms with Gasteiger partial charge in [0.05, 0.1) is 11.5 Å². The summed E-state index contributed by atoms with van der Waals surface area (Å²) < 4.78 is 32.2. The van der Waals surface area contributed by atoms with E-state index in [9.17, 15) is 13.2 Å². The average Bonchev–Trinajstić information content (AvgIpc) is 2.75. The van der Waals surface area contributed by atoms with Crippen molar-refractivity contribution in [3.05, 3.63) is 89.5 Å². The van der Waals surface area contributed by atoms with Gasteiger partial charge in [0.15, 0.2) is 0 Å². The van der Waals surface area contributed by atoms with Crippen LogP contribution in [0.25, 0.3) is 0 Å². The molecule has 3 rings (SSSR count). The summed E-state index contributed by atoms with van der Waals surface area (Å²) in [6, 6.07) is 20.8. The van der Waals surface area contributed by atoms with Gasteiger partial charge < -0.3 is 10.1 Å². The number of nitrogens with one attached hydrogen (secondary N) is 1. The fraction of sp³-hybridized carbons (Fsp3) is 0.208. The molecule has 0 aliphatic rings. The highest BCUT2D eigenvalue weighted by Crippen LogP contribution is 2.20. The van der Waals surface area contributed by atoms with E-state index in [-0.39, 0.29) is 17.3 Å². The molecule has 0 aliphatic heterocycles. The van der Waals surface area contributed by atoms with Crippen LogP contribution in [-0.2, 0) is 16.6 Å². The number of rotatable bonds is 8. The Bertz CT molecular complexity index is 1140. The molecule has 0 aromatic heterocycles. The van der Waals surface area contributed by atoms with E-state index in [1.165, 1.54) is 4.31 Å². The molecule has 0 saturated carbocycles. The summed E-state index contributed by atoms with van der Waals surface area (Å²) >= 11 is 0. The molecule has 3 aromatic carbocycles. The summed E-state index contributed by atoms with van der Waals surface area (Å²) in [6.07, 6.45) is 0. The van der Waals surface area contributed by atoms with Gasteiger partial charge in [0.25, 0.3) is 5.91 Å². The van der Waals surface area contributed by atoms with Gasteiger partial charge in [0.1, 0.15) is 5.75 Å². The summed E-state index contributed by atoms with van der Waals surface area (Å²) in [7, 11) is -2.04. The topological polar surface area (TPSA) is 75.7 Å². The van der Waals surface area contributed by atoms with Crippen LogP contribution in [0.15, 0.2) is 77.7 Å². The minimum Gasteiger partial charge on any atom is -0.494 e. The molecule has 0 saturated heterocycles. The molecule has 0 atom stereocenters. The first-order chi connectivity index (χ1) is 14.8. The van der Waals surface area contributed by atoms with E-state index < -0.39 is 10.0 Å². The number of amides is 1. The first-order valence-electron chi connectivity index (χ1n) is 9.96. The normalized spacial score (nSPS) is 11.4. The van der Waals surface area contributed by atoms with Crippen LogP contribution in [0.4, 0.5) is 5.69 Å². The van der Waals surface area contributed by atoms with Gasteiger partial charge in [-0.05, 0) is 55.8 Å². The Morgan fingerprint density at radius 2 is 1.68 bits per heavy atom. The maximum absolute atomic E-state index is 12.8. The monoisotopic (exact) mass is 438 g/mol. The number of sulfonamides is 1. The van der Waals surface area contributed by atoms with Crippen LogP contribution in [-0.4, -0.2) is 32.3 Å². The zero-order valence-electron chi connectivity index (χ0n) is 17.8. The van der Waals surface area contributed by atoms with Crippen molar-refractivity contribution in [2.24, 2.45) is 0 Å². The van der Waals surface area contributed by atoms with Crippen molar-refractivity contribution in [1.82, 2.24) is 4.31 Å². The Balaban J connectivity index is 1.66. The molecule has 1 N–H and O–H groups in total. The van der Waals surface area contributed by atoms with Gasteiger partial charge in [-0.25, -0.2) is 8.42 Å². The summed E-state index contributed by atoms with van der Waals surface area (Å²) in [5.74, 6) is 0.439. The third-order valence-electron chi connectivity index (χ3n) is 4.75. The largest absolute Gasteiger partial charge is 0.494 e. The summed E-state index contributed by atoms with van der Waals surface area (Å²) in [5, 5.41) is 2.84. The van der Waals surface area contributed by atoms with Crippen molar-refractivity contribution in [2.45, 2.75) is 25.3 Å². The number of ether oxygens (including phenoxy) is 1. The smallest absolute Gasteiger partial charge is 0.255 e. The van der Waals surface area contributed by atoms with E-state index in [0.717, 1.165) is 11.1 Å². The molecule has 6 nitrogen and oxygen atoms in total. The van der Waals surface area contributed by atoms with E-state index >= 15 is 0 Å². The van der Waals surface area contributed by atoms with Crippen molar-refractivity contribution < 1.29 is 17.9 Å². The highest BCUT2D eigenvalue weighted by molar-refractivity contribution is 7.89. The van der Waals surface area contributed by atoms with Crippen LogP contribution in [0.1, 0.15) is 28.4 Å². The quantitative estimate of drug-likeness (QED) is 0.563. The Labute approximate surface area is 183 Å². The highest BCUT2D eigenvalue weighted by Gasteiger charge is 2.20. The van der Waals surface area contributed by atoms with Gasteiger partial charge in [-0.15, -0.1) is 0 Å². The van der Waals surface area contributed by atoms with Crippen molar-refractivity contribution >= 4 is 21.6 Å². The van der Waals surface area contributed by atoms with Gasteiger partial charge in [-0.2, -0.15) is 4.31 Å². The molecule has 0 heterocycles. The molecule has 0 spiro atoms. The molecule has 0 radical (unpaired) electrons. The van der Waals surface area contributed by atoms with Gasteiger partial charge in [0, 0.05) is 30.9 Å². The molecule has 3 aromatic rings. The molecule has 31 heavy (non-hydrogen) atoms. The lowest BCUT2D eigenvalue weighted by atomic mass is 10.1. The van der Waals surface area contributed by atoms with Crippen LogP contribution >= 0.6 is 0 Å². The second-order valence-electron chi connectivity index (χ2n) is 7.19. The molecule has 0 fully saturated rings. The van der Waals surface area contributed by atoms with Gasteiger partial charge in [-0.3, -0.25) is 4.79 Å². The zero-order valence-corrected chi connectivity index (χ0v) is 18.6. The second-order valence-corrected chi connectivity index (χ2v) is 9.23.